The van der Waals surface area contributed by atoms with Gasteiger partial charge in [-0.15, -0.1) is 0 Å². The maximum Gasteiger partial charge on any atom is 0.0822 e. The monoisotopic (exact) mass is 132 g/mol. The van der Waals surface area contributed by atoms with Gasteiger partial charge in [0.15, 0.2) is 0 Å². The van der Waals surface area contributed by atoms with E-state index in [9.17, 15) is 5.11 Å². The Balaban J connectivity index is 2.88. The van der Waals surface area contributed by atoms with Crippen molar-refractivity contribution < 1.29 is 10.2 Å². The van der Waals surface area contributed by atoms with E-state index in [0.717, 1.165) is 6.42 Å². The molecule has 3 heteroatoms. The molecule has 0 fully saturated rings. The molecule has 0 spiro atoms. The van der Waals surface area contributed by atoms with Gasteiger partial charge >= 0.3 is 0 Å². The molecular formula is C6H14NO2. The van der Waals surface area contributed by atoms with Crippen LogP contribution in [0.4, 0.5) is 0 Å². The molecule has 0 rings (SSSR count). The number of rotatable bonds is 5. The second-order valence-corrected chi connectivity index (χ2v) is 2.09. The lowest BCUT2D eigenvalue weighted by atomic mass is 10.1. The van der Waals surface area contributed by atoms with Gasteiger partial charge in [-0.1, -0.05) is 0 Å². The zero-order valence-electron chi connectivity index (χ0n) is 5.55. The van der Waals surface area contributed by atoms with Crippen LogP contribution in [0, 0.1) is 0 Å². The van der Waals surface area contributed by atoms with Crippen molar-refractivity contribution in [2.45, 2.75) is 25.4 Å². The zero-order chi connectivity index (χ0) is 7.11. The molecule has 0 aliphatic rings. The number of aliphatic hydroxyl groups is 1. The van der Waals surface area contributed by atoms with E-state index in [0.29, 0.717) is 19.4 Å². The molecule has 3 nitrogen and oxygen atoms in total. The van der Waals surface area contributed by atoms with Crippen molar-refractivity contribution in [3.63, 3.8) is 0 Å². The highest BCUT2D eigenvalue weighted by Gasteiger charge is 1.98. The van der Waals surface area contributed by atoms with Crippen LogP contribution in [-0.2, 0) is 5.11 Å². The Labute approximate surface area is 55.5 Å². The summed E-state index contributed by atoms with van der Waals surface area (Å²) in [7, 11) is 0. The van der Waals surface area contributed by atoms with Crippen molar-refractivity contribution in [3.8, 4) is 0 Å². The van der Waals surface area contributed by atoms with Crippen molar-refractivity contribution in [3.05, 3.63) is 0 Å². The van der Waals surface area contributed by atoms with E-state index >= 15 is 0 Å². The predicted molar refractivity (Wildman–Crippen MR) is 34.5 cm³/mol. The summed E-state index contributed by atoms with van der Waals surface area (Å²) in [6, 6.07) is 0. The number of hydrogen-bond acceptors (Lipinski definition) is 2. The van der Waals surface area contributed by atoms with Crippen molar-refractivity contribution >= 4 is 0 Å². The molecule has 0 aromatic rings. The molecule has 0 heterocycles. The molecule has 0 saturated heterocycles. The highest BCUT2D eigenvalue weighted by Crippen LogP contribution is 1.97. The first kappa shape index (κ1) is 8.88. The zero-order valence-corrected chi connectivity index (χ0v) is 5.55. The van der Waals surface area contributed by atoms with E-state index in [1.54, 1.807) is 0 Å². The third kappa shape index (κ3) is 5.76. The molecule has 0 aliphatic carbocycles. The first-order valence-corrected chi connectivity index (χ1v) is 3.27. The van der Waals surface area contributed by atoms with Gasteiger partial charge in [0.05, 0.1) is 12.7 Å². The Morgan fingerprint density at radius 1 is 1.44 bits per heavy atom. The van der Waals surface area contributed by atoms with Gasteiger partial charge in [0.2, 0.25) is 0 Å². The first-order chi connectivity index (χ1) is 4.31. The maximum atomic E-state index is 9.89. The van der Waals surface area contributed by atoms with E-state index in [1.165, 1.54) is 0 Å². The second kappa shape index (κ2) is 6.01. The van der Waals surface area contributed by atoms with Crippen LogP contribution in [0.15, 0.2) is 0 Å². The van der Waals surface area contributed by atoms with Crippen molar-refractivity contribution in [1.82, 2.24) is 0 Å². The number of nitrogens with two attached hydrogens (primary N) is 1. The van der Waals surface area contributed by atoms with Crippen LogP contribution in [0.3, 0.4) is 0 Å². The standard InChI is InChI=1S/C6H14NO2/c7-5-6(9)3-1-2-4-8/h6,9H,1-5,7H2. The summed E-state index contributed by atoms with van der Waals surface area (Å²) in [6.45, 7) is 0.260. The van der Waals surface area contributed by atoms with Crippen LogP contribution < -0.4 is 5.73 Å². The minimum absolute atomic E-state index is 0.0444. The molecule has 3 N–H and O–H groups in total. The summed E-state index contributed by atoms with van der Waals surface area (Å²) in [6.07, 6.45) is 1.70. The van der Waals surface area contributed by atoms with Crippen LogP contribution in [0.25, 0.3) is 0 Å². The first-order valence-electron chi connectivity index (χ1n) is 3.27. The molecule has 0 amide bonds. The van der Waals surface area contributed by atoms with Gasteiger partial charge in [0.25, 0.3) is 0 Å². The highest BCUT2D eigenvalue weighted by atomic mass is 16.3. The third-order valence-corrected chi connectivity index (χ3v) is 1.20. The van der Waals surface area contributed by atoms with Crippen LogP contribution >= 0.6 is 0 Å². The Morgan fingerprint density at radius 2 is 2.11 bits per heavy atom. The average molecular weight is 132 g/mol. The Morgan fingerprint density at radius 3 is 2.56 bits per heavy atom. The van der Waals surface area contributed by atoms with Crippen molar-refractivity contribution in [2.75, 3.05) is 13.2 Å². The molecule has 1 unspecified atom stereocenters. The van der Waals surface area contributed by atoms with E-state index in [4.69, 9.17) is 10.8 Å². The van der Waals surface area contributed by atoms with Crippen molar-refractivity contribution in [2.24, 2.45) is 5.73 Å². The Hall–Kier alpha value is -0.120. The van der Waals surface area contributed by atoms with Gasteiger partial charge in [0, 0.05) is 6.54 Å². The lowest BCUT2D eigenvalue weighted by Gasteiger charge is -2.04. The fraction of sp³-hybridized carbons (Fsp3) is 1.00. The molecule has 0 bridgehead atoms. The number of aliphatic hydroxyl groups excluding tert-OH is 1. The number of hydrogen-bond donors (Lipinski definition) is 2. The second-order valence-electron chi connectivity index (χ2n) is 2.09. The quantitative estimate of drug-likeness (QED) is 0.513. The minimum Gasteiger partial charge on any atom is -0.392 e. The van der Waals surface area contributed by atoms with E-state index in [-0.39, 0.29) is 6.61 Å². The van der Waals surface area contributed by atoms with Gasteiger partial charge in [-0.2, -0.15) is 0 Å². The predicted octanol–water partition coefficient (Wildman–Crippen LogP) is -0.0932. The van der Waals surface area contributed by atoms with Gasteiger partial charge in [-0.25, -0.2) is 5.11 Å². The summed E-state index contributed by atoms with van der Waals surface area (Å²) in [5.41, 5.74) is 5.13. The van der Waals surface area contributed by atoms with Crippen molar-refractivity contribution in [1.29, 1.82) is 0 Å². The van der Waals surface area contributed by atoms with Gasteiger partial charge in [-0.3, -0.25) is 0 Å². The lowest BCUT2D eigenvalue weighted by Crippen LogP contribution is -2.19. The van der Waals surface area contributed by atoms with Gasteiger partial charge in [0.1, 0.15) is 0 Å². The van der Waals surface area contributed by atoms with Crippen LogP contribution in [-0.4, -0.2) is 24.4 Å². The molecule has 55 valence electrons. The SMILES string of the molecule is NCC(O)CCCC[O]. The largest absolute Gasteiger partial charge is 0.392 e. The van der Waals surface area contributed by atoms with Crippen LogP contribution in [0.2, 0.25) is 0 Å². The molecule has 0 aromatic carbocycles. The summed E-state index contributed by atoms with van der Waals surface area (Å²) in [4.78, 5) is 0. The lowest BCUT2D eigenvalue weighted by molar-refractivity contribution is 0.152. The normalized spacial score (nSPS) is 13.7. The fourth-order valence-corrected chi connectivity index (χ4v) is 0.600. The topological polar surface area (TPSA) is 66.2 Å². The molecule has 0 saturated carbocycles. The molecule has 1 atom stereocenters. The summed E-state index contributed by atoms with van der Waals surface area (Å²) in [5, 5.41) is 18.7. The average Bonchev–Trinajstić information content (AvgIpc) is 1.89. The number of unbranched alkanes of at least 4 members (excludes halogenated alkanes) is 1. The molecular weight excluding hydrogens is 118 g/mol. The van der Waals surface area contributed by atoms with Crippen LogP contribution in [0.5, 0.6) is 0 Å². The minimum atomic E-state index is -0.406. The van der Waals surface area contributed by atoms with E-state index in [1.807, 2.05) is 0 Å². The summed E-state index contributed by atoms with van der Waals surface area (Å²) >= 11 is 0. The van der Waals surface area contributed by atoms with E-state index < -0.39 is 6.10 Å². The van der Waals surface area contributed by atoms with Crippen LogP contribution in [0.1, 0.15) is 19.3 Å². The third-order valence-electron chi connectivity index (χ3n) is 1.20. The summed E-state index contributed by atoms with van der Waals surface area (Å²) in [5.74, 6) is 0. The highest BCUT2D eigenvalue weighted by molar-refractivity contribution is 4.54. The van der Waals surface area contributed by atoms with Gasteiger partial charge in [-0.05, 0) is 19.3 Å². The molecule has 0 aliphatic heterocycles. The van der Waals surface area contributed by atoms with E-state index in [2.05, 4.69) is 0 Å². The smallest absolute Gasteiger partial charge is 0.0822 e. The Bertz CT molecular complexity index is 59.0. The molecule has 1 radical (unpaired) electrons. The summed E-state index contributed by atoms with van der Waals surface area (Å²) < 4.78 is 0. The maximum absolute atomic E-state index is 9.89. The van der Waals surface area contributed by atoms with Gasteiger partial charge < -0.3 is 10.8 Å². The Kier molecular flexibility index (Phi) is 5.93. The molecule has 0 aromatic heterocycles. The molecule has 9 heavy (non-hydrogen) atoms. The fourth-order valence-electron chi connectivity index (χ4n) is 0.600.